The number of methoxy groups -OCH3 is 3. The van der Waals surface area contributed by atoms with E-state index in [1.807, 2.05) is 13.8 Å². The zero-order chi connectivity index (χ0) is 19.4. The van der Waals surface area contributed by atoms with Crippen LogP contribution in [-0.2, 0) is 0 Å². The SMILES string of the molecule is COc1cc(Nc2nccc(Nc3onc(C)c3C)n2)cc(OC)c1OC. The van der Waals surface area contributed by atoms with Crippen LogP contribution in [-0.4, -0.2) is 36.5 Å². The third-order valence-electron chi connectivity index (χ3n) is 3.98. The molecule has 0 aliphatic rings. The molecule has 142 valence electrons. The van der Waals surface area contributed by atoms with Gasteiger partial charge >= 0.3 is 0 Å². The Bertz CT molecular complexity index is 916. The van der Waals surface area contributed by atoms with Crippen LogP contribution in [0.5, 0.6) is 17.2 Å². The summed E-state index contributed by atoms with van der Waals surface area (Å²) in [5.74, 6) is 3.08. The molecule has 0 saturated heterocycles. The first-order chi connectivity index (χ1) is 13.0. The molecule has 0 radical (unpaired) electrons. The van der Waals surface area contributed by atoms with Crippen LogP contribution >= 0.6 is 0 Å². The van der Waals surface area contributed by atoms with E-state index in [-0.39, 0.29) is 0 Å². The van der Waals surface area contributed by atoms with Gasteiger partial charge in [-0.2, -0.15) is 4.98 Å². The van der Waals surface area contributed by atoms with Crippen molar-refractivity contribution in [2.75, 3.05) is 32.0 Å². The van der Waals surface area contributed by atoms with Crippen LogP contribution in [0.25, 0.3) is 0 Å². The average Bonchev–Trinajstić information content (AvgIpc) is 2.99. The number of anilines is 4. The summed E-state index contributed by atoms with van der Waals surface area (Å²) in [5.41, 5.74) is 2.43. The van der Waals surface area contributed by atoms with Crippen LogP contribution in [0.1, 0.15) is 11.3 Å². The third-order valence-corrected chi connectivity index (χ3v) is 3.98. The second kappa shape index (κ2) is 7.81. The Morgan fingerprint density at radius 2 is 1.67 bits per heavy atom. The summed E-state index contributed by atoms with van der Waals surface area (Å²) in [6.07, 6.45) is 1.63. The maximum atomic E-state index is 5.36. The fraction of sp³-hybridized carbons (Fsp3) is 0.278. The Hall–Kier alpha value is -3.49. The van der Waals surface area contributed by atoms with Gasteiger partial charge in [-0.1, -0.05) is 5.16 Å². The first-order valence-corrected chi connectivity index (χ1v) is 8.15. The highest BCUT2D eigenvalue weighted by Crippen LogP contribution is 2.40. The molecule has 0 aliphatic carbocycles. The quantitative estimate of drug-likeness (QED) is 0.644. The number of ether oxygens (including phenoxy) is 3. The molecule has 2 N–H and O–H groups in total. The summed E-state index contributed by atoms with van der Waals surface area (Å²) in [6, 6.07) is 5.28. The number of nitrogens with one attached hydrogen (secondary N) is 2. The topological polar surface area (TPSA) is 104 Å². The molecule has 0 unspecified atom stereocenters. The van der Waals surface area contributed by atoms with Crippen molar-refractivity contribution in [1.29, 1.82) is 0 Å². The van der Waals surface area contributed by atoms with E-state index in [4.69, 9.17) is 18.7 Å². The van der Waals surface area contributed by atoms with Gasteiger partial charge in [0.25, 0.3) is 0 Å². The van der Waals surface area contributed by atoms with Gasteiger partial charge in [0.15, 0.2) is 11.5 Å². The molecule has 0 bridgehead atoms. The Labute approximate surface area is 156 Å². The van der Waals surface area contributed by atoms with Gasteiger partial charge < -0.3 is 29.4 Å². The third kappa shape index (κ3) is 3.86. The first kappa shape index (κ1) is 18.3. The van der Waals surface area contributed by atoms with Gasteiger partial charge in [-0.3, -0.25) is 0 Å². The van der Waals surface area contributed by atoms with Crippen molar-refractivity contribution < 1.29 is 18.7 Å². The minimum Gasteiger partial charge on any atom is -0.493 e. The van der Waals surface area contributed by atoms with Crippen molar-refractivity contribution >= 4 is 23.3 Å². The predicted molar refractivity (Wildman–Crippen MR) is 101 cm³/mol. The number of hydrogen-bond acceptors (Lipinski definition) is 9. The van der Waals surface area contributed by atoms with Crippen molar-refractivity contribution in [2.45, 2.75) is 13.8 Å². The molecule has 0 atom stereocenters. The van der Waals surface area contributed by atoms with E-state index in [0.717, 1.165) is 11.3 Å². The molecule has 3 rings (SSSR count). The molecule has 1 aromatic carbocycles. The van der Waals surface area contributed by atoms with Gasteiger partial charge in [0.2, 0.25) is 17.6 Å². The van der Waals surface area contributed by atoms with E-state index < -0.39 is 0 Å². The number of aryl methyl sites for hydroxylation is 1. The predicted octanol–water partition coefficient (Wildman–Crippen LogP) is 3.59. The van der Waals surface area contributed by atoms with Crippen LogP contribution in [0.15, 0.2) is 28.9 Å². The molecule has 2 aromatic heterocycles. The van der Waals surface area contributed by atoms with E-state index in [0.29, 0.717) is 40.6 Å². The maximum Gasteiger partial charge on any atom is 0.233 e. The summed E-state index contributed by atoms with van der Waals surface area (Å²) in [4.78, 5) is 8.67. The smallest absolute Gasteiger partial charge is 0.233 e. The zero-order valence-corrected chi connectivity index (χ0v) is 15.8. The van der Waals surface area contributed by atoms with E-state index in [1.54, 1.807) is 45.7 Å². The summed E-state index contributed by atoms with van der Waals surface area (Å²) in [7, 11) is 4.67. The molecule has 2 heterocycles. The number of rotatable bonds is 7. The van der Waals surface area contributed by atoms with Gasteiger partial charge in [-0.05, 0) is 19.9 Å². The highest BCUT2D eigenvalue weighted by molar-refractivity contribution is 5.66. The van der Waals surface area contributed by atoms with Crippen LogP contribution in [0.4, 0.5) is 23.3 Å². The van der Waals surface area contributed by atoms with Crippen LogP contribution in [0.2, 0.25) is 0 Å². The van der Waals surface area contributed by atoms with E-state index in [1.165, 1.54) is 0 Å². The lowest BCUT2D eigenvalue weighted by Crippen LogP contribution is -2.02. The summed E-state index contributed by atoms with van der Waals surface area (Å²) < 4.78 is 21.3. The largest absolute Gasteiger partial charge is 0.493 e. The molecular weight excluding hydrogens is 350 g/mol. The Balaban J connectivity index is 1.85. The minimum absolute atomic E-state index is 0.392. The molecule has 0 saturated carbocycles. The maximum absolute atomic E-state index is 5.36. The normalized spacial score (nSPS) is 10.4. The number of hydrogen-bond donors (Lipinski definition) is 2. The lowest BCUT2D eigenvalue weighted by atomic mass is 10.2. The number of nitrogens with zero attached hydrogens (tertiary/aromatic N) is 3. The fourth-order valence-corrected chi connectivity index (χ4v) is 2.42. The van der Waals surface area contributed by atoms with Crippen LogP contribution < -0.4 is 24.8 Å². The Morgan fingerprint density at radius 1 is 0.963 bits per heavy atom. The average molecular weight is 371 g/mol. The summed E-state index contributed by atoms with van der Waals surface area (Å²) in [5, 5.41) is 10.1. The molecule has 0 fully saturated rings. The van der Waals surface area contributed by atoms with Gasteiger partial charge in [0.05, 0.1) is 27.0 Å². The van der Waals surface area contributed by atoms with Crippen molar-refractivity contribution in [3.63, 3.8) is 0 Å². The van der Waals surface area contributed by atoms with Crippen LogP contribution in [0.3, 0.4) is 0 Å². The summed E-state index contributed by atoms with van der Waals surface area (Å²) >= 11 is 0. The van der Waals surface area contributed by atoms with Gasteiger partial charge in [0, 0.05) is 29.6 Å². The fourth-order valence-electron chi connectivity index (χ4n) is 2.42. The van der Waals surface area contributed by atoms with Gasteiger partial charge in [0.1, 0.15) is 5.82 Å². The molecule has 9 heteroatoms. The van der Waals surface area contributed by atoms with E-state index in [2.05, 4.69) is 25.8 Å². The zero-order valence-electron chi connectivity index (χ0n) is 15.8. The highest BCUT2D eigenvalue weighted by atomic mass is 16.5. The lowest BCUT2D eigenvalue weighted by molar-refractivity contribution is 0.324. The number of aromatic nitrogens is 3. The molecule has 27 heavy (non-hydrogen) atoms. The van der Waals surface area contributed by atoms with Gasteiger partial charge in [-0.15, -0.1) is 0 Å². The molecule has 3 aromatic rings. The molecule has 0 aliphatic heterocycles. The number of benzene rings is 1. The molecule has 0 amide bonds. The Kier molecular flexibility index (Phi) is 5.30. The second-order valence-corrected chi connectivity index (χ2v) is 5.65. The summed E-state index contributed by atoms with van der Waals surface area (Å²) in [6.45, 7) is 3.80. The molecule has 9 nitrogen and oxygen atoms in total. The Morgan fingerprint density at radius 3 is 2.22 bits per heavy atom. The van der Waals surface area contributed by atoms with Crippen LogP contribution in [0, 0.1) is 13.8 Å². The van der Waals surface area contributed by atoms with Gasteiger partial charge in [-0.25, -0.2) is 4.98 Å². The van der Waals surface area contributed by atoms with E-state index in [9.17, 15) is 0 Å². The van der Waals surface area contributed by atoms with Crippen molar-refractivity contribution in [3.05, 3.63) is 35.7 Å². The monoisotopic (exact) mass is 371 g/mol. The van der Waals surface area contributed by atoms with Crippen molar-refractivity contribution in [2.24, 2.45) is 0 Å². The molecular formula is C18H21N5O4. The lowest BCUT2D eigenvalue weighted by Gasteiger charge is -2.14. The minimum atomic E-state index is 0.392. The van der Waals surface area contributed by atoms with Crippen molar-refractivity contribution in [1.82, 2.24) is 15.1 Å². The van der Waals surface area contributed by atoms with E-state index >= 15 is 0 Å². The molecule has 0 spiro atoms. The highest BCUT2D eigenvalue weighted by Gasteiger charge is 2.14. The second-order valence-electron chi connectivity index (χ2n) is 5.65. The van der Waals surface area contributed by atoms with Crippen molar-refractivity contribution in [3.8, 4) is 17.2 Å². The standard InChI is InChI=1S/C18H21N5O4/c1-10-11(2)23-27-17(10)21-15-6-7-19-18(22-15)20-12-8-13(24-3)16(26-5)14(9-12)25-4/h6-9H,1-5H3,(H2,19,20,21,22). The first-order valence-electron chi connectivity index (χ1n) is 8.15.